The van der Waals surface area contributed by atoms with Crippen LogP contribution in [0.1, 0.15) is 12.8 Å². The summed E-state index contributed by atoms with van der Waals surface area (Å²) >= 11 is 0. The summed E-state index contributed by atoms with van der Waals surface area (Å²) in [6.07, 6.45) is 2.17. The molecule has 2 heteroatoms. The van der Waals surface area contributed by atoms with E-state index in [-0.39, 0.29) is 0 Å². The van der Waals surface area contributed by atoms with Gasteiger partial charge in [0.2, 0.25) is 0 Å². The van der Waals surface area contributed by atoms with E-state index in [1.165, 1.54) is 0 Å². The Bertz CT molecular complexity index is 157. The van der Waals surface area contributed by atoms with Crippen molar-refractivity contribution >= 4 is 5.97 Å². The van der Waals surface area contributed by atoms with Gasteiger partial charge in [-0.2, -0.15) is 0 Å². The van der Waals surface area contributed by atoms with Crippen LogP contribution < -0.4 is 0 Å². The number of rotatable bonds is 0. The molecule has 1 rings (SSSR count). The van der Waals surface area contributed by atoms with Gasteiger partial charge in [-0.15, -0.1) is 0 Å². The maximum atomic E-state index is 9.76. The maximum absolute atomic E-state index is 9.76. The highest BCUT2D eigenvalue weighted by Crippen LogP contribution is 2.27. The van der Waals surface area contributed by atoms with Crippen LogP contribution in [0.2, 0.25) is 0 Å². The summed E-state index contributed by atoms with van der Waals surface area (Å²) in [6.45, 7) is 0. The van der Waals surface area contributed by atoms with Gasteiger partial charge >= 0.3 is 5.97 Å². The van der Waals surface area contributed by atoms with E-state index in [0.717, 1.165) is 12.8 Å². The van der Waals surface area contributed by atoms with Gasteiger partial charge in [-0.3, -0.25) is 0 Å². The first-order valence-electron chi connectivity index (χ1n) is 2.53. The fourth-order valence-corrected chi connectivity index (χ4v) is 0.391. The SMILES string of the molecule is O=C(O)C#CC1CC1. The third-order valence-electron chi connectivity index (χ3n) is 0.961. The van der Waals surface area contributed by atoms with Crippen molar-refractivity contribution in [1.82, 2.24) is 0 Å². The zero-order valence-electron chi connectivity index (χ0n) is 4.35. The lowest BCUT2D eigenvalue weighted by Gasteiger charge is -1.69. The van der Waals surface area contributed by atoms with Crippen molar-refractivity contribution < 1.29 is 9.90 Å². The molecule has 0 aromatic rings. The third kappa shape index (κ3) is 1.65. The van der Waals surface area contributed by atoms with E-state index in [0.29, 0.717) is 5.92 Å². The average molecular weight is 110 g/mol. The molecular weight excluding hydrogens is 104 g/mol. The van der Waals surface area contributed by atoms with E-state index in [1.807, 2.05) is 0 Å². The van der Waals surface area contributed by atoms with E-state index in [2.05, 4.69) is 11.8 Å². The lowest BCUT2D eigenvalue weighted by atomic mass is 10.4. The number of hydrogen-bond donors (Lipinski definition) is 1. The van der Waals surface area contributed by atoms with Crippen LogP contribution in [-0.4, -0.2) is 11.1 Å². The second-order valence-corrected chi connectivity index (χ2v) is 1.85. The lowest BCUT2D eigenvalue weighted by molar-refractivity contribution is -0.130. The minimum atomic E-state index is -1.02. The van der Waals surface area contributed by atoms with Crippen LogP contribution in [-0.2, 0) is 4.79 Å². The Labute approximate surface area is 47.5 Å². The first kappa shape index (κ1) is 5.17. The van der Waals surface area contributed by atoms with E-state index >= 15 is 0 Å². The predicted molar refractivity (Wildman–Crippen MR) is 28.1 cm³/mol. The number of carbonyl (C=O) groups is 1. The zero-order valence-corrected chi connectivity index (χ0v) is 4.35. The first-order chi connectivity index (χ1) is 3.79. The molecule has 0 aromatic heterocycles. The Hall–Kier alpha value is -0.970. The first-order valence-corrected chi connectivity index (χ1v) is 2.53. The quantitative estimate of drug-likeness (QED) is 0.460. The molecule has 0 saturated heterocycles. The van der Waals surface area contributed by atoms with E-state index in [4.69, 9.17) is 5.11 Å². The smallest absolute Gasteiger partial charge is 0.381 e. The van der Waals surface area contributed by atoms with Crippen LogP contribution in [0.4, 0.5) is 0 Å². The average Bonchev–Trinajstić information content (AvgIpc) is 2.41. The molecule has 0 atom stereocenters. The van der Waals surface area contributed by atoms with Crippen molar-refractivity contribution in [3.05, 3.63) is 0 Å². The Balaban J connectivity index is 2.34. The molecule has 0 aliphatic heterocycles. The minimum Gasteiger partial charge on any atom is -0.472 e. The Morgan fingerprint density at radius 1 is 1.62 bits per heavy atom. The molecule has 1 fully saturated rings. The Kier molecular flexibility index (Phi) is 1.21. The second kappa shape index (κ2) is 1.87. The molecule has 2 nitrogen and oxygen atoms in total. The summed E-state index contributed by atoms with van der Waals surface area (Å²) in [5, 5.41) is 8.02. The molecule has 0 unspecified atom stereocenters. The fourth-order valence-electron chi connectivity index (χ4n) is 0.391. The van der Waals surface area contributed by atoms with Gasteiger partial charge in [0.15, 0.2) is 0 Å². The summed E-state index contributed by atoms with van der Waals surface area (Å²) in [4.78, 5) is 9.76. The van der Waals surface area contributed by atoms with Crippen LogP contribution in [0.3, 0.4) is 0 Å². The molecule has 0 aromatic carbocycles. The third-order valence-corrected chi connectivity index (χ3v) is 0.961. The van der Waals surface area contributed by atoms with Crippen molar-refractivity contribution in [3.8, 4) is 11.8 Å². The summed E-state index contributed by atoms with van der Waals surface area (Å²) in [6, 6.07) is 0. The highest BCUT2D eigenvalue weighted by Gasteiger charge is 2.17. The molecule has 1 saturated carbocycles. The van der Waals surface area contributed by atoms with Gasteiger partial charge in [0, 0.05) is 11.8 Å². The topological polar surface area (TPSA) is 37.3 Å². The number of aliphatic carboxylic acids is 1. The Morgan fingerprint density at radius 3 is 2.62 bits per heavy atom. The van der Waals surface area contributed by atoms with Crippen molar-refractivity contribution in [3.63, 3.8) is 0 Å². The lowest BCUT2D eigenvalue weighted by Crippen LogP contribution is -1.86. The van der Waals surface area contributed by atoms with E-state index < -0.39 is 5.97 Å². The largest absolute Gasteiger partial charge is 0.472 e. The highest BCUT2D eigenvalue weighted by atomic mass is 16.4. The number of carboxylic acids is 1. The fraction of sp³-hybridized carbons (Fsp3) is 0.500. The molecule has 1 aliphatic carbocycles. The van der Waals surface area contributed by atoms with Crippen molar-refractivity contribution in [1.29, 1.82) is 0 Å². The van der Waals surface area contributed by atoms with Gasteiger partial charge < -0.3 is 5.11 Å². The molecule has 8 heavy (non-hydrogen) atoms. The summed E-state index contributed by atoms with van der Waals surface area (Å²) in [5.74, 6) is 4.06. The van der Waals surface area contributed by atoms with Gasteiger partial charge in [-0.1, -0.05) is 5.92 Å². The molecule has 0 radical (unpaired) electrons. The Morgan fingerprint density at radius 2 is 2.25 bits per heavy atom. The van der Waals surface area contributed by atoms with Crippen LogP contribution in [0.15, 0.2) is 0 Å². The van der Waals surface area contributed by atoms with Crippen molar-refractivity contribution in [2.45, 2.75) is 12.8 Å². The maximum Gasteiger partial charge on any atom is 0.381 e. The van der Waals surface area contributed by atoms with E-state index in [1.54, 1.807) is 0 Å². The molecule has 0 spiro atoms. The highest BCUT2D eigenvalue weighted by molar-refractivity contribution is 5.86. The van der Waals surface area contributed by atoms with Crippen LogP contribution in [0, 0.1) is 17.8 Å². The monoisotopic (exact) mass is 110 g/mol. The summed E-state index contributed by atoms with van der Waals surface area (Å²) in [5.41, 5.74) is 0. The normalized spacial score (nSPS) is 16.5. The van der Waals surface area contributed by atoms with Crippen molar-refractivity contribution in [2.75, 3.05) is 0 Å². The van der Waals surface area contributed by atoms with Gasteiger partial charge in [0.25, 0.3) is 0 Å². The van der Waals surface area contributed by atoms with Crippen LogP contribution in [0.25, 0.3) is 0 Å². The van der Waals surface area contributed by atoms with Crippen LogP contribution in [0.5, 0.6) is 0 Å². The number of carboxylic acid groups (broad SMARTS) is 1. The van der Waals surface area contributed by atoms with Gasteiger partial charge in [-0.05, 0) is 12.8 Å². The molecular formula is C6H6O2. The molecule has 0 amide bonds. The molecule has 1 N–H and O–H groups in total. The van der Waals surface area contributed by atoms with E-state index in [9.17, 15) is 4.79 Å². The van der Waals surface area contributed by atoms with Crippen LogP contribution >= 0.6 is 0 Å². The number of hydrogen-bond acceptors (Lipinski definition) is 1. The second-order valence-electron chi connectivity index (χ2n) is 1.85. The predicted octanol–water partition coefficient (Wildman–Crippen LogP) is 0.484. The van der Waals surface area contributed by atoms with Crippen molar-refractivity contribution in [2.24, 2.45) is 5.92 Å². The summed E-state index contributed by atoms with van der Waals surface area (Å²) < 4.78 is 0. The van der Waals surface area contributed by atoms with Gasteiger partial charge in [-0.25, -0.2) is 4.79 Å². The zero-order chi connectivity index (χ0) is 5.98. The van der Waals surface area contributed by atoms with Gasteiger partial charge in [0.05, 0.1) is 0 Å². The summed E-state index contributed by atoms with van der Waals surface area (Å²) in [7, 11) is 0. The molecule has 1 aliphatic rings. The standard InChI is InChI=1S/C6H6O2/c7-6(8)4-3-5-1-2-5/h5H,1-2H2,(H,7,8). The van der Waals surface area contributed by atoms with Gasteiger partial charge in [0.1, 0.15) is 0 Å². The molecule has 0 bridgehead atoms. The molecule has 0 heterocycles. The molecule has 42 valence electrons. The minimum absolute atomic E-state index is 0.395.